The van der Waals surface area contributed by atoms with Gasteiger partial charge in [0.2, 0.25) is 0 Å². The summed E-state index contributed by atoms with van der Waals surface area (Å²) in [5.74, 6) is 0. The molecule has 1 N–H and O–H groups in total. The van der Waals surface area contributed by atoms with E-state index in [4.69, 9.17) is 9.84 Å². The summed E-state index contributed by atoms with van der Waals surface area (Å²) in [7, 11) is 3.52. The van der Waals surface area contributed by atoms with Gasteiger partial charge in [-0.25, -0.2) is 9.18 Å². The molecule has 0 bridgehead atoms. The molecule has 4 aromatic rings. The van der Waals surface area contributed by atoms with Gasteiger partial charge in [0.05, 0.1) is 24.5 Å². The lowest BCUT2D eigenvalue weighted by atomic mass is 9.91. The fourth-order valence-electron chi connectivity index (χ4n) is 5.91. The Kier molecular flexibility index (Phi) is 6.39. The number of hydrogen-bond acceptors (Lipinski definition) is 4. The second-order valence-corrected chi connectivity index (χ2v) is 10.3. The topological polar surface area (TPSA) is 77.2 Å². The summed E-state index contributed by atoms with van der Waals surface area (Å²) in [5, 5.41) is 14.2. The van der Waals surface area contributed by atoms with Crippen LogP contribution < -0.4 is 5.32 Å². The maximum atomic E-state index is 15.0. The third kappa shape index (κ3) is 4.24. The van der Waals surface area contributed by atoms with Crippen molar-refractivity contribution < 1.29 is 13.9 Å². The molecule has 0 spiro atoms. The van der Waals surface area contributed by atoms with Gasteiger partial charge in [-0.05, 0) is 53.8 Å². The predicted molar refractivity (Wildman–Crippen MR) is 145 cm³/mol. The van der Waals surface area contributed by atoms with Gasteiger partial charge in [-0.3, -0.25) is 9.36 Å². The SMILES string of the molecule is CNC(=O)N1CCc2c(c(-c3cccc4cc(-c5cnn(C)c5)c(C(C)F)cc34)nn2C2CCOCC2)C1. The summed E-state index contributed by atoms with van der Waals surface area (Å²) in [6.07, 6.45) is 5.11. The van der Waals surface area contributed by atoms with Crippen molar-refractivity contribution in [1.82, 2.24) is 29.8 Å². The minimum Gasteiger partial charge on any atom is -0.381 e. The number of nitrogens with zero attached hydrogens (tertiary/aromatic N) is 5. The van der Waals surface area contributed by atoms with Crippen LogP contribution in [-0.4, -0.2) is 57.3 Å². The highest BCUT2D eigenvalue weighted by Crippen LogP contribution is 2.40. The van der Waals surface area contributed by atoms with Gasteiger partial charge < -0.3 is 15.0 Å². The Morgan fingerprint density at radius 3 is 2.74 bits per heavy atom. The lowest BCUT2D eigenvalue weighted by molar-refractivity contribution is 0.0651. The lowest BCUT2D eigenvalue weighted by Crippen LogP contribution is -2.41. The van der Waals surface area contributed by atoms with Crippen molar-refractivity contribution in [3.8, 4) is 22.4 Å². The van der Waals surface area contributed by atoms with E-state index in [1.165, 1.54) is 5.69 Å². The van der Waals surface area contributed by atoms with Gasteiger partial charge in [-0.15, -0.1) is 0 Å². The number of alkyl halides is 1. The van der Waals surface area contributed by atoms with Crippen LogP contribution in [0.2, 0.25) is 0 Å². The van der Waals surface area contributed by atoms with Crippen LogP contribution in [0.5, 0.6) is 0 Å². The maximum Gasteiger partial charge on any atom is 0.317 e. The Labute approximate surface area is 221 Å². The minimum absolute atomic E-state index is 0.0898. The van der Waals surface area contributed by atoms with Crippen molar-refractivity contribution in [3.05, 3.63) is 59.5 Å². The summed E-state index contributed by atoms with van der Waals surface area (Å²) >= 11 is 0. The summed E-state index contributed by atoms with van der Waals surface area (Å²) in [5.41, 5.74) is 6.46. The summed E-state index contributed by atoms with van der Waals surface area (Å²) in [6.45, 7) is 4.16. The van der Waals surface area contributed by atoms with Crippen molar-refractivity contribution in [2.24, 2.45) is 7.05 Å². The van der Waals surface area contributed by atoms with Crippen LogP contribution in [0.3, 0.4) is 0 Å². The molecule has 1 unspecified atom stereocenters. The number of hydrogen-bond donors (Lipinski definition) is 1. The Hall–Kier alpha value is -3.72. The lowest BCUT2D eigenvalue weighted by Gasteiger charge is -2.29. The highest BCUT2D eigenvalue weighted by molar-refractivity contribution is 5.99. The van der Waals surface area contributed by atoms with E-state index in [0.29, 0.717) is 18.7 Å². The molecule has 2 amide bonds. The van der Waals surface area contributed by atoms with Crippen molar-refractivity contribution in [2.75, 3.05) is 26.8 Å². The quantitative estimate of drug-likeness (QED) is 0.405. The van der Waals surface area contributed by atoms with E-state index in [9.17, 15) is 4.79 Å². The first-order valence-electron chi connectivity index (χ1n) is 13.3. The molecule has 198 valence electrons. The summed E-state index contributed by atoms with van der Waals surface area (Å²) < 4.78 is 24.6. The zero-order valence-electron chi connectivity index (χ0n) is 22.1. The normalized spacial score (nSPS) is 17.0. The molecule has 0 aliphatic carbocycles. The average Bonchev–Trinajstić information content (AvgIpc) is 3.55. The highest BCUT2D eigenvalue weighted by atomic mass is 19.1. The van der Waals surface area contributed by atoms with Gasteiger partial charge in [0.1, 0.15) is 6.17 Å². The fraction of sp³-hybridized carbons (Fsp3) is 0.414. The molecule has 1 saturated heterocycles. The first-order valence-corrected chi connectivity index (χ1v) is 13.3. The number of halogens is 1. The monoisotopic (exact) mass is 516 g/mol. The third-order valence-electron chi connectivity index (χ3n) is 7.87. The standard InChI is InChI=1S/C29H33FN6O2/c1-18(30)23-14-25-19(13-24(23)20-15-32-34(3)16-20)5-4-6-22(25)28-26-17-35(29(37)31-2)10-7-27(26)36(33-28)21-8-11-38-12-9-21/h4-6,13-16,18,21H,7-12,17H2,1-3H3,(H,31,37). The molecule has 6 rings (SSSR count). The molecular weight excluding hydrogens is 483 g/mol. The van der Waals surface area contributed by atoms with E-state index in [1.54, 1.807) is 24.9 Å². The Morgan fingerprint density at radius 2 is 2.03 bits per heavy atom. The summed E-state index contributed by atoms with van der Waals surface area (Å²) in [4.78, 5) is 14.4. The van der Waals surface area contributed by atoms with Gasteiger partial charge in [0.25, 0.3) is 0 Å². The van der Waals surface area contributed by atoms with Gasteiger partial charge in [-0.2, -0.15) is 10.2 Å². The molecule has 9 heteroatoms. The molecule has 8 nitrogen and oxygen atoms in total. The van der Waals surface area contributed by atoms with Gasteiger partial charge in [0.15, 0.2) is 0 Å². The first-order chi connectivity index (χ1) is 18.4. The van der Waals surface area contributed by atoms with Gasteiger partial charge in [-0.1, -0.05) is 18.2 Å². The van der Waals surface area contributed by atoms with Crippen LogP contribution in [0.15, 0.2) is 42.7 Å². The highest BCUT2D eigenvalue weighted by Gasteiger charge is 2.31. The predicted octanol–water partition coefficient (Wildman–Crippen LogP) is 5.18. The minimum atomic E-state index is -1.15. The number of rotatable bonds is 4. The third-order valence-corrected chi connectivity index (χ3v) is 7.87. The van der Waals surface area contributed by atoms with Crippen LogP contribution in [0.25, 0.3) is 33.2 Å². The number of amides is 2. The van der Waals surface area contributed by atoms with Crippen LogP contribution in [0.4, 0.5) is 9.18 Å². The van der Waals surface area contributed by atoms with Crippen molar-refractivity contribution >= 4 is 16.8 Å². The zero-order chi connectivity index (χ0) is 26.4. The number of carbonyl (C=O) groups excluding carboxylic acids is 1. The molecule has 0 saturated carbocycles. The van der Waals surface area contributed by atoms with Crippen molar-refractivity contribution in [1.29, 1.82) is 0 Å². The second kappa shape index (κ2) is 9.87. The van der Waals surface area contributed by atoms with E-state index in [0.717, 1.165) is 71.2 Å². The Bertz CT molecular complexity index is 1500. The molecular formula is C29H33FN6O2. The maximum absolute atomic E-state index is 15.0. The van der Waals surface area contributed by atoms with Crippen molar-refractivity contribution in [2.45, 2.75) is 44.9 Å². The molecule has 2 aliphatic heterocycles. The van der Waals surface area contributed by atoms with E-state index in [-0.39, 0.29) is 12.1 Å². The summed E-state index contributed by atoms with van der Waals surface area (Å²) in [6, 6.07) is 10.4. The number of fused-ring (bicyclic) bond motifs is 2. The number of ether oxygens (including phenoxy) is 1. The average molecular weight is 517 g/mol. The van der Waals surface area contributed by atoms with Crippen LogP contribution in [-0.2, 0) is 24.8 Å². The fourth-order valence-corrected chi connectivity index (χ4v) is 5.91. The smallest absolute Gasteiger partial charge is 0.317 e. The molecule has 1 atom stereocenters. The van der Waals surface area contributed by atoms with Gasteiger partial charge >= 0.3 is 6.03 Å². The zero-order valence-corrected chi connectivity index (χ0v) is 22.1. The molecule has 1 fully saturated rings. The van der Waals surface area contributed by atoms with Crippen LogP contribution >= 0.6 is 0 Å². The van der Waals surface area contributed by atoms with E-state index < -0.39 is 6.17 Å². The Balaban J connectivity index is 1.54. The Morgan fingerprint density at radius 1 is 1.21 bits per heavy atom. The van der Waals surface area contributed by atoms with E-state index in [1.807, 2.05) is 30.3 Å². The molecule has 38 heavy (non-hydrogen) atoms. The largest absolute Gasteiger partial charge is 0.381 e. The molecule has 2 aliphatic rings. The van der Waals surface area contributed by atoms with E-state index >= 15 is 4.39 Å². The molecule has 0 radical (unpaired) electrons. The first kappa shape index (κ1) is 24.6. The number of aryl methyl sites for hydroxylation is 1. The van der Waals surface area contributed by atoms with Gasteiger partial charge in [0, 0.05) is 68.9 Å². The number of aromatic nitrogens is 4. The molecule has 2 aromatic carbocycles. The van der Waals surface area contributed by atoms with Crippen LogP contribution in [0.1, 0.15) is 48.8 Å². The molecule has 4 heterocycles. The number of benzene rings is 2. The number of carbonyl (C=O) groups is 1. The number of urea groups is 1. The number of nitrogens with one attached hydrogen (secondary N) is 1. The molecule has 2 aromatic heterocycles. The van der Waals surface area contributed by atoms with Crippen molar-refractivity contribution in [3.63, 3.8) is 0 Å². The van der Waals surface area contributed by atoms with E-state index in [2.05, 4.69) is 33.3 Å². The second-order valence-electron chi connectivity index (χ2n) is 10.3. The van der Waals surface area contributed by atoms with Crippen LogP contribution in [0, 0.1) is 0 Å².